The van der Waals surface area contributed by atoms with E-state index in [0.717, 1.165) is 0 Å². The summed E-state index contributed by atoms with van der Waals surface area (Å²) in [6, 6.07) is 0. The first-order valence-electron chi connectivity index (χ1n) is 1.32. The van der Waals surface area contributed by atoms with Gasteiger partial charge in [-0.25, -0.2) is 0 Å². The number of halogens is 3. The van der Waals surface area contributed by atoms with Crippen LogP contribution in [-0.2, 0) is 10.4 Å². The molecule has 0 unspecified atom stereocenters. The van der Waals surface area contributed by atoms with Crippen molar-refractivity contribution in [1.82, 2.24) is 0 Å². The Balaban J connectivity index is -0.0000000910. The number of rotatable bonds is 0. The van der Waals surface area contributed by atoms with Gasteiger partial charge in [-0.3, -0.25) is 8.42 Å². The second-order valence-electron chi connectivity index (χ2n) is 0.656. The van der Waals surface area contributed by atoms with Gasteiger partial charge in [0.2, 0.25) is 0 Å². The average molecular weight is 173 g/mol. The van der Waals surface area contributed by atoms with E-state index in [2.05, 4.69) is 0 Å². The zero-order chi connectivity index (χ0) is 8.08. The van der Waals surface area contributed by atoms with Gasteiger partial charge in [0.25, 0.3) is 0 Å². The van der Waals surface area contributed by atoms with Crippen LogP contribution in [0.2, 0.25) is 0 Å². The Morgan fingerprint density at radius 3 is 1.10 bits per heavy atom. The molecular weight excluding hydrogens is 172 g/mol. The second kappa shape index (κ2) is 7.37. The van der Waals surface area contributed by atoms with Crippen LogP contribution in [-0.4, -0.2) is 24.2 Å². The Morgan fingerprint density at radius 1 is 1.10 bits per heavy atom. The molecule has 0 bridgehead atoms. The smallest absolute Gasteiger partial charge is 0.759 e. The summed E-state index contributed by atoms with van der Waals surface area (Å²) in [5, 5.41) is 0. The molecule has 0 aromatic carbocycles. The average Bonchev–Trinajstić information content (AvgIpc) is 1.19. The van der Waals surface area contributed by atoms with Crippen molar-refractivity contribution in [2.24, 2.45) is 0 Å². The van der Waals surface area contributed by atoms with Crippen molar-refractivity contribution < 1.29 is 49.6 Å². The van der Waals surface area contributed by atoms with Gasteiger partial charge in [0.05, 0.1) is 0 Å². The maximum atomic E-state index is 9.67. The molecule has 0 aromatic rings. The van der Waals surface area contributed by atoms with Crippen LogP contribution in [0.5, 0.6) is 0 Å². The summed E-state index contributed by atoms with van der Waals surface area (Å²) in [4.78, 5) is 0. The molecule has 4 nitrogen and oxygen atoms in total. The first-order chi connectivity index (χ1) is 3.73. The molecule has 10 heavy (non-hydrogen) atoms. The molecule has 0 saturated carbocycles. The van der Waals surface area contributed by atoms with E-state index < -0.39 is 17.1 Å². The van der Waals surface area contributed by atoms with Crippen molar-refractivity contribution in [3.63, 3.8) is 0 Å². The summed E-state index contributed by atoms with van der Waals surface area (Å²) >= 11 is 0. The first kappa shape index (κ1) is 16.7. The monoisotopic (exact) mass is 173 g/mol. The number of hydrogen-bond donors (Lipinski definition) is 0. The molecule has 0 aliphatic rings. The molecule has 0 fully saturated rings. The van der Waals surface area contributed by atoms with E-state index in [1.165, 1.54) is 0 Å². The molecule has 0 atom stereocenters. The molecule has 58 valence electrons. The quantitative estimate of drug-likeness (QED) is 0.220. The fourth-order valence-electron chi connectivity index (χ4n) is 0. The zero-order valence-electron chi connectivity index (χ0n) is 4.75. The van der Waals surface area contributed by atoms with Crippen LogP contribution in [0.25, 0.3) is 0 Å². The Labute approximate surface area is 67.2 Å². The van der Waals surface area contributed by atoms with Crippen LogP contribution >= 0.6 is 0 Å². The molecule has 0 radical (unpaired) electrons. The fraction of sp³-hybridized carbons (Fsp3) is 1.00. The zero-order valence-corrected chi connectivity index (χ0v) is 5.57. The number of hydrogen-bond acceptors (Lipinski definition) is 4. The van der Waals surface area contributed by atoms with Crippen molar-refractivity contribution >= 4 is 10.4 Å². The van der Waals surface area contributed by atoms with Gasteiger partial charge in [-0.2, -0.15) is 13.2 Å². The standard InChI is InChI=1S/CHF3.Li.H2O4S/c2-1(3)4;;1-5(2,3)4/h1H;;(H2,1,2,3,4)/q;+1;/p-2. The van der Waals surface area contributed by atoms with Gasteiger partial charge in [0.1, 0.15) is 0 Å². The molecular formula is CHF3LiO4S-. The SMILES string of the molecule is FC(F)F.O=S(=O)([O-])[O-].[Li+]. The maximum absolute atomic E-state index is 9.67. The summed E-state index contributed by atoms with van der Waals surface area (Å²) in [6.45, 7) is -3.67. The molecule has 0 aliphatic carbocycles. The summed E-state index contributed by atoms with van der Waals surface area (Å²) in [7, 11) is -5.17. The first-order valence-corrected chi connectivity index (χ1v) is 2.65. The summed E-state index contributed by atoms with van der Waals surface area (Å²) < 4.78 is 63.1. The molecule has 0 N–H and O–H groups in total. The maximum Gasteiger partial charge on any atom is 1.00 e. The normalized spacial score (nSPS) is 9.40. The van der Waals surface area contributed by atoms with Crippen LogP contribution in [0.1, 0.15) is 0 Å². The van der Waals surface area contributed by atoms with E-state index in [9.17, 15) is 13.2 Å². The predicted octanol–water partition coefficient (Wildman–Crippen LogP) is -3.16. The minimum Gasteiger partial charge on any atom is -0.759 e. The molecule has 0 aromatic heterocycles. The largest absolute Gasteiger partial charge is 1.00 e. The third kappa shape index (κ3) is 6560. The van der Waals surface area contributed by atoms with E-state index in [0.29, 0.717) is 0 Å². The molecule has 0 amide bonds. The van der Waals surface area contributed by atoms with Crippen LogP contribution in [0.4, 0.5) is 13.2 Å². The minimum atomic E-state index is -5.17. The molecule has 0 rings (SSSR count). The topological polar surface area (TPSA) is 80.3 Å². The third-order valence-electron chi connectivity index (χ3n) is 0. The van der Waals surface area contributed by atoms with E-state index in [1.807, 2.05) is 0 Å². The van der Waals surface area contributed by atoms with E-state index in [-0.39, 0.29) is 18.9 Å². The van der Waals surface area contributed by atoms with Gasteiger partial charge < -0.3 is 9.11 Å². The van der Waals surface area contributed by atoms with Gasteiger partial charge in [-0.1, -0.05) is 0 Å². The van der Waals surface area contributed by atoms with Gasteiger partial charge >= 0.3 is 25.5 Å². The van der Waals surface area contributed by atoms with Crippen molar-refractivity contribution in [3.05, 3.63) is 0 Å². The summed E-state index contributed by atoms with van der Waals surface area (Å²) in [6.07, 6.45) is 0. The minimum absolute atomic E-state index is 0. The molecule has 9 heteroatoms. The van der Waals surface area contributed by atoms with Crippen LogP contribution < -0.4 is 18.9 Å². The van der Waals surface area contributed by atoms with Gasteiger partial charge in [0, 0.05) is 10.4 Å². The Hall–Kier alpha value is 0.257. The Bertz CT molecular complexity index is 132. The summed E-state index contributed by atoms with van der Waals surface area (Å²) in [5.74, 6) is 0. The third-order valence-corrected chi connectivity index (χ3v) is 0. The Kier molecular flexibility index (Phi) is 12.3. The van der Waals surface area contributed by atoms with Gasteiger partial charge in [-0.15, -0.1) is 0 Å². The molecule has 0 spiro atoms. The van der Waals surface area contributed by atoms with Crippen molar-refractivity contribution in [2.45, 2.75) is 6.68 Å². The van der Waals surface area contributed by atoms with Gasteiger partial charge in [-0.05, 0) is 0 Å². The number of alkyl halides is 3. The van der Waals surface area contributed by atoms with E-state index in [1.54, 1.807) is 0 Å². The predicted molar refractivity (Wildman–Crippen MR) is 17.6 cm³/mol. The van der Waals surface area contributed by atoms with Gasteiger partial charge in [0.15, 0.2) is 0 Å². The van der Waals surface area contributed by atoms with Crippen molar-refractivity contribution in [1.29, 1.82) is 0 Å². The van der Waals surface area contributed by atoms with Crippen LogP contribution in [0.3, 0.4) is 0 Å². The Morgan fingerprint density at radius 2 is 1.10 bits per heavy atom. The molecule has 0 aliphatic heterocycles. The second-order valence-corrected chi connectivity index (χ2v) is 1.47. The van der Waals surface area contributed by atoms with Crippen molar-refractivity contribution in [2.75, 3.05) is 0 Å². The van der Waals surface area contributed by atoms with E-state index in [4.69, 9.17) is 17.5 Å². The summed E-state index contributed by atoms with van der Waals surface area (Å²) in [5.41, 5.74) is 0. The van der Waals surface area contributed by atoms with Crippen LogP contribution in [0.15, 0.2) is 0 Å². The van der Waals surface area contributed by atoms with E-state index >= 15 is 0 Å². The molecule has 0 heterocycles. The fourth-order valence-corrected chi connectivity index (χ4v) is 0. The van der Waals surface area contributed by atoms with Crippen molar-refractivity contribution in [3.8, 4) is 0 Å². The van der Waals surface area contributed by atoms with Crippen LogP contribution in [0, 0.1) is 0 Å². The molecule has 0 saturated heterocycles.